The van der Waals surface area contributed by atoms with E-state index >= 15 is 0 Å². The minimum atomic E-state index is -0.865. The Morgan fingerprint density at radius 1 is 1.12 bits per heavy atom. The van der Waals surface area contributed by atoms with Gasteiger partial charge in [0, 0.05) is 36.7 Å². The molecule has 10 heteroatoms. The number of carbonyl (C=O) groups is 3. The Balaban J connectivity index is 1.73. The molecule has 1 atom stereocenters. The molecule has 1 heterocycles. The molecular formula is C30H38N4O6. The second-order valence-corrected chi connectivity index (χ2v) is 11.1. The van der Waals surface area contributed by atoms with Gasteiger partial charge >= 0.3 is 5.69 Å². The highest BCUT2D eigenvalue weighted by Crippen LogP contribution is 2.34. The molecule has 2 aromatic rings. The molecule has 4 rings (SSSR count). The predicted molar refractivity (Wildman–Crippen MR) is 150 cm³/mol. The maximum atomic E-state index is 13.9. The van der Waals surface area contributed by atoms with Crippen molar-refractivity contribution in [2.45, 2.75) is 77.3 Å². The summed E-state index contributed by atoms with van der Waals surface area (Å²) in [5, 5.41) is 17.6. The highest BCUT2D eigenvalue weighted by atomic mass is 16.6. The third-order valence-corrected chi connectivity index (χ3v) is 7.48. The largest absolute Gasteiger partial charge is 0.450 e. The van der Waals surface area contributed by atoms with Crippen LogP contribution in [0.2, 0.25) is 0 Å². The van der Waals surface area contributed by atoms with Crippen LogP contribution in [0.5, 0.6) is 11.5 Å². The topological polar surface area (TPSA) is 131 Å². The van der Waals surface area contributed by atoms with Gasteiger partial charge in [-0.05, 0) is 48.9 Å². The van der Waals surface area contributed by atoms with Crippen LogP contribution in [0.4, 0.5) is 5.69 Å². The van der Waals surface area contributed by atoms with Crippen molar-refractivity contribution in [2.24, 2.45) is 5.92 Å². The van der Waals surface area contributed by atoms with Gasteiger partial charge in [-0.3, -0.25) is 24.5 Å². The number of hydrogen-bond donors (Lipinski definition) is 2. The number of nitro benzene ring substituents is 1. The maximum absolute atomic E-state index is 13.9. The molecule has 1 saturated carbocycles. The number of benzene rings is 2. The van der Waals surface area contributed by atoms with E-state index in [1.54, 1.807) is 23.1 Å². The lowest BCUT2D eigenvalue weighted by atomic mass is 10.0. The van der Waals surface area contributed by atoms with Gasteiger partial charge in [0.15, 0.2) is 0 Å². The van der Waals surface area contributed by atoms with Crippen molar-refractivity contribution in [3.8, 4) is 11.5 Å². The van der Waals surface area contributed by atoms with E-state index in [0.29, 0.717) is 18.2 Å². The van der Waals surface area contributed by atoms with E-state index in [4.69, 9.17) is 4.74 Å². The van der Waals surface area contributed by atoms with Crippen LogP contribution in [0.3, 0.4) is 0 Å². The van der Waals surface area contributed by atoms with E-state index in [2.05, 4.69) is 24.5 Å². The zero-order valence-electron chi connectivity index (χ0n) is 23.2. The molecule has 1 unspecified atom stereocenters. The number of amides is 3. The summed E-state index contributed by atoms with van der Waals surface area (Å²) in [6, 6.07) is 9.90. The number of rotatable bonds is 6. The number of hydrogen-bond acceptors (Lipinski definition) is 6. The molecule has 1 fully saturated rings. The lowest BCUT2D eigenvalue weighted by molar-refractivity contribution is -0.385. The smallest absolute Gasteiger partial charge is 0.311 e. The first-order chi connectivity index (χ1) is 19.2. The van der Waals surface area contributed by atoms with Crippen molar-refractivity contribution < 1.29 is 24.0 Å². The van der Waals surface area contributed by atoms with Crippen molar-refractivity contribution in [1.29, 1.82) is 0 Å². The van der Waals surface area contributed by atoms with Crippen LogP contribution in [-0.4, -0.2) is 52.7 Å². The monoisotopic (exact) mass is 550 g/mol. The normalized spacial score (nSPS) is 18.8. The number of nitrogens with one attached hydrogen (secondary N) is 2. The van der Waals surface area contributed by atoms with E-state index in [-0.39, 0.29) is 41.9 Å². The number of nitro groups is 1. The molecular weight excluding hydrogens is 512 g/mol. The van der Waals surface area contributed by atoms with Gasteiger partial charge in [-0.15, -0.1) is 0 Å². The van der Waals surface area contributed by atoms with Crippen LogP contribution >= 0.6 is 0 Å². The molecule has 0 saturated heterocycles. The minimum Gasteiger partial charge on any atom is -0.450 e. The van der Waals surface area contributed by atoms with Gasteiger partial charge in [0.1, 0.15) is 18.3 Å². The number of fused-ring (bicyclic) bond motifs is 4. The Morgan fingerprint density at radius 2 is 1.88 bits per heavy atom. The first-order valence-corrected chi connectivity index (χ1v) is 14.1. The second kappa shape index (κ2) is 13.4. The summed E-state index contributed by atoms with van der Waals surface area (Å²) in [6.07, 6.45) is 6.54. The van der Waals surface area contributed by atoms with Gasteiger partial charge in [0.05, 0.1) is 4.92 Å². The zero-order chi connectivity index (χ0) is 28.6. The van der Waals surface area contributed by atoms with Crippen LogP contribution in [-0.2, 0) is 16.0 Å². The van der Waals surface area contributed by atoms with E-state index in [1.807, 2.05) is 6.07 Å². The second-order valence-electron chi connectivity index (χ2n) is 11.1. The Bertz CT molecular complexity index is 1240. The molecule has 4 bridgehead atoms. The molecule has 2 N–H and O–H groups in total. The first-order valence-electron chi connectivity index (χ1n) is 14.1. The van der Waals surface area contributed by atoms with Crippen molar-refractivity contribution >= 4 is 23.4 Å². The number of ether oxygens (including phenoxy) is 1. The van der Waals surface area contributed by atoms with E-state index < -0.39 is 22.8 Å². The molecule has 0 radical (unpaired) electrons. The van der Waals surface area contributed by atoms with Crippen LogP contribution in [0.15, 0.2) is 42.5 Å². The third-order valence-electron chi connectivity index (χ3n) is 7.48. The molecule has 1 aliphatic heterocycles. The Hall–Kier alpha value is -3.95. The standard InChI is InChI=1S/C30H38N4O6/c1-20(2)14-15-31-29(36)25-17-21-8-7-11-24(16-21)40-27-18-22(12-13-26(27)34(38)39)30(37)33(19-28(35)32-25)23-9-5-3-4-6-10-23/h7-8,11-13,16,18,20,23,25H,3-6,9-10,14-15,17,19H2,1-2H3,(H,31,36)(H,32,35). The lowest BCUT2D eigenvalue weighted by Gasteiger charge is -2.32. The van der Waals surface area contributed by atoms with Gasteiger partial charge in [-0.1, -0.05) is 51.7 Å². The summed E-state index contributed by atoms with van der Waals surface area (Å²) in [7, 11) is 0. The third kappa shape index (κ3) is 7.58. The lowest BCUT2D eigenvalue weighted by Crippen LogP contribution is -2.53. The predicted octanol–water partition coefficient (Wildman–Crippen LogP) is 4.76. The van der Waals surface area contributed by atoms with Crippen LogP contribution in [0, 0.1) is 16.0 Å². The highest BCUT2D eigenvalue weighted by Gasteiger charge is 2.31. The van der Waals surface area contributed by atoms with E-state index in [9.17, 15) is 24.5 Å². The maximum Gasteiger partial charge on any atom is 0.311 e. The zero-order valence-corrected chi connectivity index (χ0v) is 23.2. The number of carbonyl (C=O) groups excluding carboxylic acids is 3. The fourth-order valence-electron chi connectivity index (χ4n) is 5.29. The summed E-state index contributed by atoms with van der Waals surface area (Å²) in [6.45, 7) is 4.41. The molecule has 2 aromatic carbocycles. The van der Waals surface area contributed by atoms with Gasteiger partial charge in [0.25, 0.3) is 5.91 Å². The van der Waals surface area contributed by atoms with Crippen molar-refractivity contribution in [1.82, 2.24) is 15.5 Å². The highest BCUT2D eigenvalue weighted by molar-refractivity contribution is 5.98. The summed E-state index contributed by atoms with van der Waals surface area (Å²) in [5.41, 5.74) is 0.651. The average molecular weight is 551 g/mol. The summed E-state index contributed by atoms with van der Waals surface area (Å²) < 4.78 is 5.95. The molecule has 3 amide bonds. The van der Waals surface area contributed by atoms with Crippen LogP contribution < -0.4 is 15.4 Å². The number of nitrogens with zero attached hydrogens (tertiary/aromatic N) is 2. The SMILES string of the molecule is CC(C)CCNC(=O)C1Cc2cccc(c2)Oc2cc(ccc2[N+](=O)[O-])C(=O)N(C2CCCCCC2)CC(=O)N1. The fourth-order valence-corrected chi connectivity index (χ4v) is 5.29. The first kappa shape index (κ1) is 29.0. The van der Waals surface area contributed by atoms with E-state index in [1.165, 1.54) is 18.2 Å². The molecule has 0 aromatic heterocycles. The molecule has 1 aliphatic carbocycles. The van der Waals surface area contributed by atoms with Crippen LogP contribution in [0.25, 0.3) is 0 Å². The molecule has 10 nitrogen and oxygen atoms in total. The summed E-state index contributed by atoms with van der Waals surface area (Å²) >= 11 is 0. The fraction of sp³-hybridized carbons (Fsp3) is 0.500. The molecule has 214 valence electrons. The Kier molecular flexibility index (Phi) is 9.74. The molecule has 40 heavy (non-hydrogen) atoms. The molecule has 2 aliphatic rings. The van der Waals surface area contributed by atoms with Gasteiger partial charge < -0.3 is 20.3 Å². The summed E-state index contributed by atoms with van der Waals surface area (Å²) in [4.78, 5) is 53.3. The molecule has 0 spiro atoms. The minimum absolute atomic E-state index is 0.0571. The van der Waals surface area contributed by atoms with Crippen LogP contribution in [0.1, 0.15) is 74.7 Å². The Labute approximate surface area is 234 Å². The Morgan fingerprint density at radius 3 is 2.58 bits per heavy atom. The van der Waals surface area contributed by atoms with Gasteiger partial charge in [-0.2, -0.15) is 0 Å². The average Bonchev–Trinajstić information content (AvgIpc) is 3.20. The van der Waals surface area contributed by atoms with Gasteiger partial charge in [-0.25, -0.2) is 0 Å². The quantitative estimate of drug-likeness (QED) is 0.303. The van der Waals surface area contributed by atoms with Crippen molar-refractivity contribution in [3.05, 3.63) is 63.7 Å². The van der Waals surface area contributed by atoms with E-state index in [0.717, 1.165) is 50.5 Å². The van der Waals surface area contributed by atoms with Crippen molar-refractivity contribution in [3.63, 3.8) is 0 Å². The summed E-state index contributed by atoms with van der Waals surface area (Å²) in [5.74, 6) is -0.445. The van der Waals surface area contributed by atoms with Crippen molar-refractivity contribution in [2.75, 3.05) is 13.1 Å². The van der Waals surface area contributed by atoms with Gasteiger partial charge in [0.2, 0.25) is 17.6 Å².